The Balaban J connectivity index is 2.23. The molecule has 1 aromatic heterocycles. The van der Waals surface area contributed by atoms with E-state index < -0.39 is 0 Å². The average molecular weight is 275 g/mol. The van der Waals surface area contributed by atoms with Crippen molar-refractivity contribution in [1.82, 2.24) is 14.8 Å². The van der Waals surface area contributed by atoms with Crippen molar-refractivity contribution >= 4 is 6.29 Å². The lowest BCUT2D eigenvalue weighted by Gasteiger charge is -2.13. The van der Waals surface area contributed by atoms with Gasteiger partial charge in [-0.05, 0) is 26.0 Å². The summed E-state index contributed by atoms with van der Waals surface area (Å²) in [5.41, 5.74) is 0.454. The monoisotopic (exact) mass is 275 g/mol. The van der Waals surface area contributed by atoms with Gasteiger partial charge in [0.25, 0.3) is 0 Å². The van der Waals surface area contributed by atoms with Crippen LogP contribution in [0.4, 0.5) is 0 Å². The molecule has 0 spiro atoms. The number of hydrogen-bond acceptors (Lipinski definition) is 5. The van der Waals surface area contributed by atoms with Crippen molar-refractivity contribution in [3.63, 3.8) is 0 Å². The Kier molecular flexibility index (Phi) is 4.34. The molecule has 1 heterocycles. The highest BCUT2D eigenvalue weighted by Gasteiger charge is 2.13. The Hall–Kier alpha value is -2.37. The van der Waals surface area contributed by atoms with Crippen LogP contribution in [0.15, 0.2) is 18.2 Å². The second-order valence-electron chi connectivity index (χ2n) is 4.24. The first kappa shape index (κ1) is 14.0. The van der Waals surface area contributed by atoms with Gasteiger partial charge in [0.05, 0.1) is 12.2 Å². The summed E-state index contributed by atoms with van der Waals surface area (Å²) in [5, 5.41) is 7.98. The van der Waals surface area contributed by atoms with Gasteiger partial charge in [0, 0.05) is 7.05 Å². The predicted octanol–water partition coefficient (Wildman–Crippen LogP) is 1.91. The number of benzene rings is 1. The van der Waals surface area contributed by atoms with Crippen LogP contribution in [0.1, 0.15) is 28.9 Å². The first-order chi connectivity index (χ1) is 9.67. The number of ether oxygens (including phenoxy) is 2. The summed E-state index contributed by atoms with van der Waals surface area (Å²) in [6, 6.07) is 5.22. The Labute approximate surface area is 117 Å². The summed E-state index contributed by atoms with van der Waals surface area (Å²) >= 11 is 0. The molecule has 0 saturated heterocycles. The molecule has 0 unspecified atom stereocenters. The third-order valence-corrected chi connectivity index (χ3v) is 2.96. The third kappa shape index (κ3) is 2.79. The number of carbonyl (C=O) groups is 1. The van der Waals surface area contributed by atoms with E-state index in [4.69, 9.17) is 9.47 Å². The van der Waals surface area contributed by atoms with Gasteiger partial charge < -0.3 is 14.0 Å². The van der Waals surface area contributed by atoms with Gasteiger partial charge in [0.15, 0.2) is 23.6 Å². The van der Waals surface area contributed by atoms with Crippen molar-refractivity contribution in [2.75, 3.05) is 6.61 Å². The highest BCUT2D eigenvalue weighted by atomic mass is 16.5. The Morgan fingerprint density at radius 2 is 2.10 bits per heavy atom. The van der Waals surface area contributed by atoms with E-state index in [0.717, 1.165) is 12.1 Å². The summed E-state index contributed by atoms with van der Waals surface area (Å²) in [4.78, 5) is 11.1. The van der Waals surface area contributed by atoms with E-state index in [2.05, 4.69) is 10.2 Å². The zero-order chi connectivity index (χ0) is 14.5. The topological polar surface area (TPSA) is 66.2 Å². The molecule has 0 bridgehead atoms. The van der Waals surface area contributed by atoms with Gasteiger partial charge >= 0.3 is 0 Å². The summed E-state index contributed by atoms with van der Waals surface area (Å²) in [5.74, 6) is 2.48. The molecule has 0 amide bonds. The fourth-order valence-electron chi connectivity index (χ4n) is 1.76. The molecular weight excluding hydrogens is 258 g/mol. The van der Waals surface area contributed by atoms with E-state index in [-0.39, 0.29) is 6.61 Å². The zero-order valence-electron chi connectivity index (χ0n) is 11.8. The number of rotatable bonds is 6. The second-order valence-corrected chi connectivity index (χ2v) is 4.24. The van der Waals surface area contributed by atoms with E-state index in [1.54, 1.807) is 18.2 Å². The summed E-state index contributed by atoms with van der Waals surface area (Å²) in [7, 11) is 1.86. The van der Waals surface area contributed by atoms with Crippen molar-refractivity contribution in [3.8, 4) is 11.5 Å². The molecule has 1 aromatic carbocycles. The number of hydrogen-bond donors (Lipinski definition) is 0. The maximum absolute atomic E-state index is 11.1. The minimum atomic E-state index is 0.224. The van der Waals surface area contributed by atoms with E-state index in [9.17, 15) is 4.79 Å². The van der Waals surface area contributed by atoms with Crippen molar-refractivity contribution in [1.29, 1.82) is 0 Å². The molecular formula is C14H17N3O3. The SMILES string of the molecule is CCOc1cccc(C=O)c1OCc1nnc(C)n1C. The lowest BCUT2D eigenvalue weighted by atomic mass is 10.2. The molecule has 2 rings (SSSR count). The van der Waals surface area contributed by atoms with Crippen LogP contribution in [-0.4, -0.2) is 27.7 Å². The Bertz CT molecular complexity index is 608. The van der Waals surface area contributed by atoms with Gasteiger partial charge in [0.2, 0.25) is 0 Å². The van der Waals surface area contributed by atoms with Crippen LogP contribution < -0.4 is 9.47 Å². The number of nitrogens with zero attached hydrogens (tertiary/aromatic N) is 3. The predicted molar refractivity (Wildman–Crippen MR) is 73.1 cm³/mol. The van der Waals surface area contributed by atoms with Crippen LogP contribution >= 0.6 is 0 Å². The molecule has 6 nitrogen and oxygen atoms in total. The van der Waals surface area contributed by atoms with Crippen LogP contribution in [0.3, 0.4) is 0 Å². The minimum Gasteiger partial charge on any atom is -0.490 e. The maximum atomic E-state index is 11.1. The fraction of sp³-hybridized carbons (Fsp3) is 0.357. The van der Waals surface area contributed by atoms with Crippen molar-refractivity contribution in [2.24, 2.45) is 7.05 Å². The van der Waals surface area contributed by atoms with Gasteiger partial charge in [-0.3, -0.25) is 4.79 Å². The van der Waals surface area contributed by atoms with Crippen LogP contribution in [0.2, 0.25) is 0 Å². The van der Waals surface area contributed by atoms with Crippen molar-refractivity contribution in [2.45, 2.75) is 20.5 Å². The lowest BCUT2D eigenvalue weighted by Crippen LogP contribution is -2.07. The highest BCUT2D eigenvalue weighted by molar-refractivity contribution is 5.81. The van der Waals surface area contributed by atoms with E-state index in [1.807, 2.05) is 25.5 Å². The van der Waals surface area contributed by atoms with Crippen molar-refractivity contribution in [3.05, 3.63) is 35.4 Å². The molecule has 0 saturated carbocycles. The number of aryl methyl sites for hydroxylation is 1. The normalized spacial score (nSPS) is 10.3. The summed E-state index contributed by atoms with van der Waals surface area (Å²) in [6.45, 7) is 4.47. The molecule has 0 atom stereocenters. The molecule has 0 radical (unpaired) electrons. The highest BCUT2D eigenvalue weighted by Crippen LogP contribution is 2.31. The Morgan fingerprint density at radius 1 is 1.30 bits per heavy atom. The minimum absolute atomic E-state index is 0.224. The van der Waals surface area contributed by atoms with Crippen LogP contribution in [0.25, 0.3) is 0 Å². The number of aromatic nitrogens is 3. The van der Waals surface area contributed by atoms with E-state index >= 15 is 0 Å². The van der Waals surface area contributed by atoms with Gasteiger partial charge in [-0.25, -0.2) is 0 Å². The summed E-state index contributed by atoms with van der Waals surface area (Å²) in [6.07, 6.45) is 0.750. The molecule has 0 aliphatic carbocycles. The largest absolute Gasteiger partial charge is 0.490 e. The molecule has 6 heteroatoms. The molecule has 2 aromatic rings. The quantitative estimate of drug-likeness (QED) is 0.753. The maximum Gasteiger partial charge on any atom is 0.172 e. The molecule has 0 aliphatic rings. The number of carbonyl (C=O) groups excluding carboxylic acids is 1. The molecule has 106 valence electrons. The van der Waals surface area contributed by atoms with Gasteiger partial charge in [-0.2, -0.15) is 0 Å². The number of aldehydes is 1. The summed E-state index contributed by atoms with van der Waals surface area (Å²) < 4.78 is 13.0. The third-order valence-electron chi connectivity index (χ3n) is 2.96. The first-order valence-corrected chi connectivity index (χ1v) is 6.36. The molecule has 0 fully saturated rings. The average Bonchev–Trinajstić information content (AvgIpc) is 2.77. The van der Waals surface area contributed by atoms with Gasteiger partial charge in [-0.1, -0.05) is 6.07 Å². The van der Waals surface area contributed by atoms with Crippen LogP contribution in [0.5, 0.6) is 11.5 Å². The molecule has 20 heavy (non-hydrogen) atoms. The van der Waals surface area contributed by atoms with Crippen molar-refractivity contribution < 1.29 is 14.3 Å². The molecule has 0 aliphatic heterocycles. The van der Waals surface area contributed by atoms with Crippen LogP contribution in [-0.2, 0) is 13.7 Å². The number of para-hydroxylation sites is 1. The van der Waals surface area contributed by atoms with Gasteiger partial charge in [-0.15, -0.1) is 10.2 Å². The van der Waals surface area contributed by atoms with Gasteiger partial charge in [0.1, 0.15) is 12.4 Å². The lowest BCUT2D eigenvalue weighted by molar-refractivity contribution is 0.111. The van der Waals surface area contributed by atoms with E-state index in [0.29, 0.717) is 29.5 Å². The van der Waals surface area contributed by atoms with E-state index in [1.165, 1.54) is 0 Å². The molecule has 0 N–H and O–H groups in total. The van der Waals surface area contributed by atoms with Crippen LogP contribution in [0, 0.1) is 6.92 Å². The first-order valence-electron chi connectivity index (χ1n) is 6.36. The standard InChI is InChI=1S/C14H17N3O3/c1-4-19-12-7-5-6-11(8-18)14(12)20-9-13-16-15-10(2)17(13)3/h5-8H,4,9H2,1-3H3. The fourth-order valence-corrected chi connectivity index (χ4v) is 1.76. The second kappa shape index (κ2) is 6.18. The Morgan fingerprint density at radius 3 is 2.70 bits per heavy atom. The zero-order valence-corrected chi connectivity index (χ0v) is 11.8. The smallest absolute Gasteiger partial charge is 0.172 e.